The predicted octanol–water partition coefficient (Wildman–Crippen LogP) is 3.95. The number of hydrogen-bond donors (Lipinski definition) is 3. The third-order valence-electron chi connectivity index (χ3n) is 4.31. The van der Waals surface area contributed by atoms with Gasteiger partial charge >= 0.3 is 12.1 Å². The number of anilines is 3. The lowest BCUT2D eigenvalue weighted by molar-refractivity contribution is -0.139. The number of halogens is 4. The zero-order valence-corrected chi connectivity index (χ0v) is 16.9. The maximum atomic E-state index is 12.7. The summed E-state index contributed by atoms with van der Waals surface area (Å²) in [5.74, 6) is -2.07. The number of aliphatic carboxylic acids is 1. The first kappa shape index (κ1) is 23.3. The van der Waals surface area contributed by atoms with Gasteiger partial charge in [-0.15, -0.1) is 0 Å². The van der Waals surface area contributed by atoms with Gasteiger partial charge in [0.2, 0.25) is 5.91 Å². The summed E-state index contributed by atoms with van der Waals surface area (Å²) in [6.07, 6.45) is -4.54. The molecule has 3 rings (SSSR count). The number of nitrogens with zero attached hydrogens (tertiary/aromatic N) is 2. The van der Waals surface area contributed by atoms with Crippen LogP contribution in [0.1, 0.15) is 24.1 Å². The lowest BCUT2D eigenvalue weighted by Crippen LogP contribution is -2.39. The topological polar surface area (TPSA) is 109 Å². The van der Waals surface area contributed by atoms with E-state index in [4.69, 9.17) is 22.4 Å². The van der Waals surface area contributed by atoms with Gasteiger partial charge in [-0.2, -0.15) is 13.2 Å². The van der Waals surface area contributed by atoms with Crippen molar-refractivity contribution in [2.24, 2.45) is 0 Å². The Morgan fingerprint density at radius 1 is 1.37 bits per heavy atom. The van der Waals surface area contributed by atoms with Crippen molar-refractivity contribution in [2.75, 3.05) is 23.0 Å². The van der Waals surface area contributed by atoms with Crippen molar-refractivity contribution in [1.82, 2.24) is 4.98 Å². The van der Waals surface area contributed by atoms with Gasteiger partial charge in [-0.05, 0) is 37.6 Å². The van der Waals surface area contributed by atoms with Crippen LogP contribution in [0.3, 0.4) is 0 Å². The minimum atomic E-state index is -4.58. The van der Waals surface area contributed by atoms with E-state index in [0.717, 1.165) is 16.7 Å². The molecule has 0 aliphatic carbocycles. The number of aromatic nitrogens is 1. The fourth-order valence-electron chi connectivity index (χ4n) is 2.95. The first-order chi connectivity index (χ1) is 14.0. The molecule has 1 atom stereocenters. The molecule has 1 aliphatic heterocycles. The number of carbonyl (C=O) groups is 2. The van der Waals surface area contributed by atoms with Crippen LogP contribution in [-0.4, -0.2) is 35.1 Å². The second-order valence-corrected chi connectivity index (χ2v) is 6.87. The standard InChI is InChI=1S/C12H11F3N2O3.C7H9ClN2/c1-6-4-7(12(13,14)15)5-9(16-6)17-8(11(19)20)2-3-10(17)18;1-10-7-5(8)3-2-4-6(7)9/h4-5,8H,2-3H2,1H3,(H,19,20);2-4,10H,9H2,1H3. The molecule has 4 N–H and O–H groups in total. The van der Waals surface area contributed by atoms with Crippen molar-refractivity contribution in [2.45, 2.75) is 32.0 Å². The summed E-state index contributed by atoms with van der Waals surface area (Å²) in [5.41, 5.74) is 6.17. The lowest BCUT2D eigenvalue weighted by atomic mass is 10.2. The zero-order chi connectivity index (χ0) is 22.6. The SMILES string of the molecule is CNc1c(N)cccc1Cl.Cc1cc(C(F)(F)F)cc(N2C(=O)CCC2C(=O)O)n1. The largest absolute Gasteiger partial charge is 0.480 e. The molecule has 1 aromatic heterocycles. The summed E-state index contributed by atoms with van der Waals surface area (Å²) in [6, 6.07) is 5.80. The van der Waals surface area contributed by atoms with E-state index in [1.54, 1.807) is 19.2 Å². The van der Waals surface area contributed by atoms with Crippen molar-refractivity contribution in [3.63, 3.8) is 0 Å². The highest BCUT2D eigenvalue weighted by molar-refractivity contribution is 6.33. The van der Waals surface area contributed by atoms with Crippen molar-refractivity contribution in [1.29, 1.82) is 0 Å². The van der Waals surface area contributed by atoms with Crippen LogP contribution in [0.25, 0.3) is 0 Å². The van der Waals surface area contributed by atoms with Gasteiger partial charge in [-0.3, -0.25) is 9.69 Å². The molecular formula is C19H20ClF3N4O3. The van der Waals surface area contributed by atoms with Crippen LogP contribution < -0.4 is 16.0 Å². The van der Waals surface area contributed by atoms with E-state index in [0.29, 0.717) is 16.8 Å². The number of alkyl halides is 3. The highest BCUT2D eigenvalue weighted by Crippen LogP contribution is 2.34. The number of aryl methyl sites for hydroxylation is 1. The number of para-hydroxylation sites is 1. The number of carboxylic acids is 1. The van der Waals surface area contributed by atoms with Gasteiger partial charge in [0, 0.05) is 19.2 Å². The van der Waals surface area contributed by atoms with Crippen LogP contribution in [0.5, 0.6) is 0 Å². The number of carboxylic acid groups (broad SMARTS) is 1. The number of pyridine rings is 1. The number of carbonyl (C=O) groups excluding carboxylic acids is 1. The summed E-state index contributed by atoms with van der Waals surface area (Å²) >= 11 is 5.79. The number of benzene rings is 1. The molecule has 30 heavy (non-hydrogen) atoms. The molecule has 11 heteroatoms. The fourth-order valence-corrected chi connectivity index (χ4v) is 3.22. The second kappa shape index (κ2) is 9.21. The Morgan fingerprint density at radius 3 is 2.53 bits per heavy atom. The third kappa shape index (κ3) is 5.32. The number of nitrogen functional groups attached to an aromatic ring is 1. The molecule has 1 unspecified atom stereocenters. The van der Waals surface area contributed by atoms with Gasteiger partial charge in [0.25, 0.3) is 0 Å². The molecule has 7 nitrogen and oxygen atoms in total. The van der Waals surface area contributed by atoms with Gasteiger partial charge < -0.3 is 16.2 Å². The molecule has 2 heterocycles. The van der Waals surface area contributed by atoms with E-state index < -0.39 is 29.7 Å². The van der Waals surface area contributed by atoms with Crippen LogP contribution in [0.15, 0.2) is 30.3 Å². The molecule has 1 saturated heterocycles. The molecule has 1 aliphatic rings. The van der Waals surface area contributed by atoms with Crippen LogP contribution in [-0.2, 0) is 15.8 Å². The van der Waals surface area contributed by atoms with E-state index in [9.17, 15) is 22.8 Å². The van der Waals surface area contributed by atoms with Gasteiger partial charge in [-0.1, -0.05) is 17.7 Å². The van der Waals surface area contributed by atoms with Gasteiger partial charge in [0.05, 0.1) is 22.0 Å². The highest BCUT2D eigenvalue weighted by atomic mass is 35.5. The Balaban J connectivity index is 0.000000269. The van der Waals surface area contributed by atoms with Gasteiger partial charge in [0.1, 0.15) is 11.9 Å². The van der Waals surface area contributed by atoms with E-state index in [1.165, 1.54) is 6.92 Å². The quantitative estimate of drug-likeness (QED) is 0.618. The van der Waals surface area contributed by atoms with E-state index in [2.05, 4.69) is 10.3 Å². The first-order valence-corrected chi connectivity index (χ1v) is 9.16. The molecule has 0 bridgehead atoms. The maximum Gasteiger partial charge on any atom is 0.416 e. The second-order valence-electron chi connectivity index (χ2n) is 6.46. The van der Waals surface area contributed by atoms with E-state index in [-0.39, 0.29) is 24.4 Å². The van der Waals surface area contributed by atoms with Crippen LogP contribution in [0.2, 0.25) is 5.02 Å². The normalized spacial score (nSPS) is 16.1. The lowest BCUT2D eigenvalue weighted by Gasteiger charge is -2.22. The van der Waals surface area contributed by atoms with Crippen molar-refractivity contribution >= 4 is 40.7 Å². The summed E-state index contributed by atoms with van der Waals surface area (Å²) in [6.45, 7) is 1.36. The van der Waals surface area contributed by atoms with Crippen LogP contribution in [0, 0.1) is 6.92 Å². The summed E-state index contributed by atoms with van der Waals surface area (Å²) in [5, 5.41) is 12.6. The molecule has 0 radical (unpaired) electrons. The van der Waals surface area contributed by atoms with Crippen LogP contribution >= 0.6 is 11.6 Å². The van der Waals surface area contributed by atoms with E-state index in [1.807, 2.05) is 6.07 Å². The third-order valence-corrected chi connectivity index (χ3v) is 4.62. The van der Waals surface area contributed by atoms with Crippen LogP contribution in [0.4, 0.5) is 30.4 Å². The van der Waals surface area contributed by atoms with Crippen molar-refractivity contribution in [3.05, 3.63) is 46.6 Å². The summed E-state index contributed by atoms with van der Waals surface area (Å²) in [4.78, 5) is 27.4. The highest BCUT2D eigenvalue weighted by Gasteiger charge is 2.39. The van der Waals surface area contributed by atoms with E-state index >= 15 is 0 Å². The van der Waals surface area contributed by atoms with Gasteiger partial charge in [0.15, 0.2) is 0 Å². The molecule has 162 valence electrons. The Bertz CT molecular complexity index is 933. The Hall–Kier alpha value is -3.01. The summed E-state index contributed by atoms with van der Waals surface area (Å²) in [7, 11) is 1.79. The molecule has 0 spiro atoms. The number of amides is 1. The minimum Gasteiger partial charge on any atom is -0.480 e. The number of hydrogen-bond acceptors (Lipinski definition) is 5. The maximum absolute atomic E-state index is 12.7. The Morgan fingerprint density at radius 2 is 2.03 bits per heavy atom. The number of nitrogens with one attached hydrogen (secondary N) is 1. The molecule has 0 saturated carbocycles. The molecule has 2 aromatic rings. The monoisotopic (exact) mass is 444 g/mol. The molecule has 1 amide bonds. The molecule has 1 fully saturated rings. The van der Waals surface area contributed by atoms with Crippen molar-refractivity contribution < 1.29 is 27.9 Å². The average molecular weight is 445 g/mol. The Labute approximate surface area is 175 Å². The van der Waals surface area contributed by atoms with Crippen molar-refractivity contribution in [3.8, 4) is 0 Å². The average Bonchev–Trinajstić information content (AvgIpc) is 3.03. The number of nitrogens with two attached hydrogens (primary N) is 1. The molecule has 1 aromatic carbocycles. The summed E-state index contributed by atoms with van der Waals surface area (Å²) < 4.78 is 38.2. The zero-order valence-electron chi connectivity index (χ0n) is 16.1. The predicted molar refractivity (Wildman–Crippen MR) is 108 cm³/mol. The number of rotatable bonds is 3. The fraction of sp³-hybridized carbons (Fsp3) is 0.316. The first-order valence-electron chi connectivity index (χ1n) is 8.78. The Kier molecular flexibility index (Phi) is 7.14. The smallest absolute Gasteiger partial charge is 0.416 e. The van der Waals surface area contributed by atoms with Gasteiger partial charge in [-0.25, -0.2) is 9.78 Å². The minimum absolute atomic E-state index is 0.0199. The molecular weight excluding hydrogens is 425 g/mol.